The highest BCUT2D eigenvalue weighted by Crippen LogP contribution is 2.19. The van der Waals surface area contributed by atoms with E-state index in [1.54, 1.807) is 13.0 Å². The maximum Gasteiger partial charge on any atom is 0.260 e. The van der Waals surface area contributed by atoms with Gasteiger partial charge < -0.3 is 9.64 Å². The SMILES string of the molecule is CCS(=O)(=O)C1CN(C(=O)COc2ccccc2F)C1. The zero-order valence-electron chi connectivity index (χ0n) is 11.1. The molecule has 1 aromatic rings. The van der Waals surface area contributed by atoms with E-state index in [4.69, 9.17) is 4.74 Å². The van der Waals surface area contributed by atoms with Crippen LogP contribution in [0.4, 0.5) is 4.39 Å². The molecule has 0 spiro atoms. The number of ether oxygens (including phenoxy) is 1. The summed E-state index contributed by atoms with van der Waals surface area (Å²) in [6.07, 6.45) is 0. The molecule has 1 aliphatic rings. The Hall–Kier alpha value is -1.63. The third-order valence-electron chi connectivity index (χ3n) is 3.30. The Bertz CT molecular complexity index is 596. The molecule has 0 unspecified atom stereocenters. The van der Waals surface area contributed by atoms with Gasteiger partial charge in [0.1, 0.15) is 0 Å². The molecule has 7 heteroatoms. The van der Waals surface area contributed by atoms with Crippen LogP contribution in [0.5, 0.6) is 5.75 Å². The van der Waals surface area contributed by atoms with Crippen molar-refractivity contribution in [3.8, 4) is 5.75 Å². The Labute approximate surface area is 117 Å². The van der Waals surface area contributed by atoms with Gasteiger partial charge in [0.2, 0.25) is 0 Å². The first-order valence-electron chi connectivity index (χ1n) is 6.30. The van der Waals surface area contributed by atoms with Gasteiger partial charge in [-0.15, -0.1) is 0 Å². The largest absolute Gasteiger partial charge is 0.481 e. The Morgan fingerprint density at radius 3 is 2.65 bits per heavy atom. The first-order valence-corrected chi connectivity index (χ1v) is 8.02. The van der Waals surface area contributed by atoms with Crippen LogP contribution in [0.3, 0.4) is 0 Å². The molecule has 0 N–H and O–H groups in total. The third kappa shape index (κ3) is 3.09. The topological polar surface area (TPSA) is 63.7 Å². The third-order valence-corrected chi connectivity index (χ3v) is 5.42. The van der Waals surface area contributed by atoms with Gasteiger partial charge in [0, 0.05) is 18.8 Å². The molecule has 0 aliphatic carbocycles. The van der Waals surface area contributed by atoms with Crippen LogP contribution in [0.25, 0.3) is 0 Å². The zero-order chi connectivity index (χ0) is 14.8. The minimum Gasteiger partial charge on any atom is -0.481 e. The summed E-state index contributed by atoms with van der Waals surface area (Å²) in [5, 5.41) is -0.482. The summed E-state index contributed by atoms with van der Waals surface area (Å²) < 4.78 is 41.5. The number of rotatable bonds is 5. The number of benzene rings is 1. The van der Waals surface area contributed by atoms with Gasteiger partial charge >= 0.3 is 0 Å². The van der Waals surface area contributed by atoms with E-state index in [9.17, 15) is 17.6 Å². The standard InChI is InChI=1S/C13H16FNO4S/c1-2-20(17,18)10-7-15(8-10)13(16)9-19-12-6-4-3-5-11(12)14/h3-6,10H,2,7-9H2,1H3. The van der Waals surface area contributed by atoms with E-state index in [-0.39, 0.29) is 37.1 Å². The molecule has 1 aliphatic heterocycles. The molecule has 2 rings (SSSR count). The fourth-order valence-corrected chi connectivity index (χ4v) is 3.18. The number of halogens is 1. The average Bonchev–Trinajstić information content (AvgIpc) is 2.35. The normalized spacial score (nSPS) is 15.8. The lowest BCUT2D eigenvalue weighted by Gasteiger charge is -2.38. The van der Waals surface area contributed by atoms with Crippen molar-refractivity contribution in [2.75, 3.05) is 25.4 Å². The molecule has 0 radical (unpaired) electrons. The second kappa shape index (κ2) is 5.78. The Balaban J connectivity index is 1.82. The summed E-state index contributed by atoms with van der Waals surface area (Å²) in [6.45, 7) is 1.67. The summed E-state index contributed by atoms with van der Waals surface area (Å²) in [6, 6.07) is 5.81. The molecule has 1 saturated heterocycles. The molecule has 0 aromatic heterocycles. The van der Waals surface area contributed by atoms with Gasteiger partial charge in [0.05, 0.1) is 5.25 Å². The number of nitrogens with zero attached hydrogens (tertiary/aromatic N) is 1. The van der Waals surface area contributed by atoms with Gasteiger partial charge in [-0.1, -0.05) is 19.1 Å². The van der Waals surface area contributed by atoms with Crippen molar-refractivity contribution < 1.29 is 22.3 Å². The monoisotopic (exact) mass is 301 g/mol. The summed E-state index contributed by atoms with van der Waals surface area (Å²) in [7, 11) is -3.10. The molecule has 110 valence electrons. The number of hydrogen-bond acceptors (Lipinski definition) is 4. The molecule has 20 heavy (non-hydrogen) atoms. The lowest BCUT2D eigenvalue weighted by atomic mass is 10.2. The number of amides is 1. The second-order valence-electron chi connectivity index (χ2n) is 4.59. The number of carbonyl (C=O) groups excluding carboxylic acids is 1. The summed E-state index contributed by atoms with van der Waals surface area (Å²) in [5.74, 6) is -0.781. The predicted molar refractivity (Wildman–Crippen MR) is 71.7 cm³/mol. The molecule has 1 fully saturated rings. The highest BCUT2D eigenvalue weighted by atomic mass is 32.2. The molecular formula is C13H16FNO4S. The van der Waals surface area contributed by atoms with Crippen LogP contribution in [-0.2, 0) is 14.6 Å². The molecule has 0 bridgehead atoms. The zero-order valence-corrected chi connectivity index (χ0v) is 11.9. The average molecular weight is 301 g/mol. The number of likely N-dealkylation sites (tertiary alicyclic amines) is 1. The fraction of sp³-hybridized carbons (Fsp3) is 0.462. The Morgan fingerprint density at radius 2 is 2.05 bits per heavy atom. The number of para-hydroxylation sites is 1. The number of sulfone groups is 1. The van der Waals surface area contributed by atoms with Gasteiger partial charge in [-0.05, 0) is 12.1 Å². The van der Waals surface area contributed by atoms with E-state index in [0.717, 1.165) is 0 Å². The molecule has 0 atom stereocenters. The van der Waals surface area contributed by atoms with E-state index in [2.05, 4.69) is 0 Å². The van der Waals surface area contributed by atoms with Crippen LogP contribution in [-0.4, -0.2) is 49.9 Å². The van der Waals surface area contributed by atoms with Crippen LogP contribution >= 0.6 is 0 Å². The van der Waals surface area contributed by atoms with Gasteiger partial charge in [-0.25, -0.2) is 12.8 Å². The van der Waals surface area contributed by atoms with Gasteiger partial charge in [0.15, 0.2) is 28.0 Å². The van der Waals surface area contributed by atoms with E-state index < -0.39 is 20.9 Å². The van der Waals surface area contributed by atoms with Crippen molar-refractivity contribution in [2.24, 2.45) is 0 Å². The quantitative estimate of drug-likeness (QED) is 0.809. The Morgan fingerprint density at radius 1 is 1.40 bits per heavy atom. The molecule has 1 amide bonds. The second-order valence-corrected chi connectivity index (χ2v) is 7.16. The highest BCUT2D eigenvalue weighted by Gasteiger charge is 2.38. The molecule has 0 saturated carbocycles. The minimum absolute atomic E-state index is 0.0131. The van der Waals surface area contributed by atoms with E-state index in [0.29, 0.717) is 0 Å². The van der Waals surface area contributed by atoms with Crippen molar-refractivity contribution in [3.63, 3.8) is 0 Å². The van der Waals surface area contributed by atoms with Crippen molar-refractivity contribution in [2.45, 2.75) is 12.2 Å². The molecule has 1 heterocycles. The number of hydrogen-bond donors (Lipinski definition) is 0. The van der Waals surface area contributed by atoms with Crippen LogP contribution in [0.15, 0.2) is 24.3 Å². The predicted octanol–water partition coefficient (Wildman–Crippen LogP) is 0.850. The lowest BCUT2D eigenvalue weighted by molar-refractivity contribution is -0.136. The summed E-state index contributed by atoms with van der Waals surface area (Å²) in [5.41, 5.74) is 0. The molecular weight excluding hydrogens is 285 g/mol. The van der Waals surface area contributed by atoms with Crippen LogP contribution in [0.2, 0.25) is 0 Å². The van der Waals surface area contributed by atoms with Crippen molar-refractivity contribution >= 4 is 15.7 Å². The molecule has 5 nitrogen and oxygen atoms in total. The lowest BCUT2D eigenvalue weighted by Crippen LogP contribution is -2.58. The van der Waals surface area contributed by atoms with Gasteiger partial charge in [-0.3, -0.25) is 4.79 Å². The smallest absolute Gasteiger partial charge is 0.260 e. The first kappa shape index (κ1) is 14.8. The fourth-order valence-electron chi connectivity index (χ4n) is 1.90. The van der Waals surface area contributed by atoms with Gasteiger partial charge in [0.25, 0.3) is 5.91 Å². The van der Waals surface area contributed by atoms with E-state index in [1.165, 1.54) is 23.1 Å². The van der Waals surface area contributed by atoms with Crippen molar-refractivity contribution in [1.29, 1.82) is 0 Å². The highest BCUT2D eigenvalue weighted by molar-refractivity contribution is 7.92. The summed E-state index contributed by atoms with van der Waals surface area (Å²) >= 11 is 0. The molecule has 1 aromatic carbocycles. The summed E-state index contributed by atoms with van der Waals surface area (Å²) in [4.78, 5) is 13.2. The number of carbonyl (C=O) groups is 1. The van der Waals surface area contributed by atoms with Crippen molar-refractivity contribution in [1.82, 2.24) is 4.90 Å². The van der Waals surface area contributed by atoms with Crippen LogP contribution in [0, 0.1) is 5.82 Å². The van der Waals surface area contributed by atoms with Crippen LogP contribution < -0.4 is 4.74 Å². The van der Waals surface area contributed by atoms with E-state index >= 15 is 0 Å². The minimum atomic E-state index is -3.10. The first-order chi connectivity index (χ1) is 9.44. The maximum atomic E-state index is 13.3. The van der Waals surface area contributed by atoms with Gasteiger partial charge in [-0.2, -0.15) is 0 Å². The van der Waals surface area contributed by atoms with E-state index in [1.807, 2.05) is 0 Å². The Kier molecular flexibility index (Phi) is 4.27. The maximum absolute atomic E-state index is 13.3. The van der Waals surface area contributed by atoms with Crippen LogP contribution in [0.1, 0.15) is 6.92 Å². The van der Waals surface area contributed by atoms with Crippen molar-refractivity contribution in [3.05, 3.63) is 30.1 Å².